The highest BCUT2D eigenvalue weighted by Crippen LogP contribution is 2.78. The first-order chi connectivity index (χ1) is 19.3. The smallest absolute Gasteiger partial charge is 0.323 e. The fourth-order valence-corrected chi connectivity index (χ4v) is 21.6. The molecule has 0 heterocycles. The molecular formula is C29H21Br9O2S. The third-order valence-corrected chi connectivity index (χ3v) is 18.6. The molecule has 218 valence electrons. The molecule has 0 radical (unpaired) electrons. The third-order valence-electron chi connectivity index (χ3n) is 8.42. The van der Waals surface area contributed by atoms with E-state index in [4.69, 9.17) is 4.18 Å². The van der Waals surface area contributed by atoms with Crippen LogP contribution in [0.25, 0.3) is 0 Å². The van der Waals surface area contributed by atoms with E-state index in [2.05, 4.69) is 143 Å². The maximum atomic E-state index is 15.0. The van der Waals surface area contributed by atoms with E-state index in [1.54, 1.807) is 0 Å². The van der Waals surface area contributed by atoms with Crippen LogP contribution in [0.2, 0.25) is 0 Å². The summed E-state index contributed by atoms with van der Waals surface area (Å²) in [6.07, 6.45) is 6.51. The molecular weight excluding hydrogens is 1130 g/mol. The lowest BCUT2D eigenvalue weighted by atomic mass is 9.49. The minimum absolute atomic E-state index is 0.0863. The molecule has 0 unspecified atom stereocenters. The monoisotopic (exact) mass is 1140 g/mol. The second kappa shape index (κ2) is 12.4. The molecule has 41 heavy (non-hydrogen) atoms. The van der Waals surface area contributed by atoms with Gasteiger partial charge in [0.2, 0.25) is 0 Å². The quantitative estimate of drug-likeness (QED) is 0.255. The summed E-state index contributed by atoms with van der Waals surface area (Å²) >= 11 is 34.4. The molecule has 4 saturated carbocycles. The van der Waals surface area contributed by atoms with Gasteiger partial charge in [-0.05, 0) is 188 Å². The highest BCUT2D eigenvalue weighted by molar-refractivity contribution is 9.12. The van der Waals surface area contributed by atoms with Crippen molar-refractivity contribution < 1.29 is 8.98 Å². The second-order valence-corrected chi connectivity index (χ2v) is 21.6. The molecule has 0 aromatic heterocycles. The molecule has 4 aliphatic rings. The Morgan fingerprint density at radius 2 is 0.829 bits per heavy atom. The van der Waals surface area contributed by atoms with Crippen LogP contribution in [0.1, 0.15) is 38.5 Å². The number of carbonyl (C=O) groups excluding carboxylic acids is 1. The van der Waals surface area contributed by atoms with Crippen LogP contribution >= 0.6 is 154 Å². The molecule has 0 atom stereocenters. The maximum absolute atomic E-state index is 15.0. The number of benzene rings is 3. The van der Waals surface area contributed by atoms with Crippen molar-refractivity contribution in [3.63, 3.8) is 0 Å². The Morgan fingerprint density at radius 3 is 1.10 bits per heavy atom. The van der Waals surface area contributed by atoms with Gasteiger partial charge in [0, 0.05) is 50.6 Å². The summed E-state index contributed by atoms with van der Waals surface area (Å²) in [6, 6.07) is 12.1. The normalized spacial score (nSPS) is 25.4. The van der Waals surface area contributed by atoms with Crippen LogP contribution in [0.4, 0.5) is 0 Å². The van der Waals surface area contributed by atoms with Gasteiger partial charge in [0.1, 0.15) is 0 Å². The van der Waals surface area contributed by atoms with Crippen LogP contribution in [0.3, 0.4) is 0 Å². The van der Waals surface area contributed by atoms with Crippen LogP contribution in [-0.2, 0) is 8.98 Å². The molecule has 0 amide bonds. The van der Waals surface area contributed by atoms with Crippen molar-refractivity contribution in [1.82, 2.24) is 0 Å². The van der Waals surface area contributed by atoms with Crippen molar-refractivity contribution >= 4 is 160 Å². The van der Waals surface area contributed by atoms with Gasteiger partial charge in [0.05, 0.1) is 20.1 Å². The first-order valence-corrected chi connectivity index (χ1v) is 21.5. The lowest BCUT2D eigenvalue weighted by molar-refractivity contribution is -0.160. The van der Waals surface area contributed by atoms with Gasteiger partial charge in [0.25, 0.3) is 0 Å². The predicted octanol–water partition coefficient (Wildman–Crippen LogP) is 14.5. The van der Waals surface area contributed by atoms with Crippen molar-refractivity contribution in [2.45, 2.75) is 53.2 Å². The van der Waals surface area contributed by atoms with Crippen LogP contribution in [0, 0.1) is 23.2 Å². The van der Waals surface area contributed by atoms with Crippen molar-refractivity contribution in [2.75, 3.05) is 0 Å². The summed E-state index contributed by atoms with van der Waals surface area (Å²) in [5.74, 6) is 1.75. The maximum Gasteiger partial charge on any atom is 0.323 e. The molecule has 0 aliphatic heterocycles. The standard InChI is InChI=1S/C29H21Br9O2S/c30-16-4-19(33)25(20(34)5-16)41(26-21(35)6-17(31)7-22(26)36,27-23(37)8-18(32)9-24(27)38)40-28(39)29-10-13-1-14(11-29)3-15(2-13)12-29/h4-9,13-15H,1-3,10-12H2. The topological polar surface area (TPSA) is 26.3 Å². The van der Waals surface area contributed by atoms with Gasteiger partial charge in [-0.2, -0.15) is 0 Å². The summed E-state index contributed by atoms with van der Waals surface area (Å²) < 4.78 is 15.0. The highest BCUT2D eigenvalue weighted by Gasteiger charge is 2.57. The van der Waals surface area contributed by atoms with Gasteiger partial charge in [-0.3, -0.25) is 4.79 Å². The number of rotatable bonds is 5. The SMILES string of the molecule is O=C(OS(c1c(Br)cc(Br)cc1Br)(c1c(Br)cc(Br)cc1Br)c1c(Br)cc(Br)cc1Br)C12CC3CC(CC(C3)C1)C2. The van der Waals surface area contributed by atoms with Gasteiger partial charge in [0.15, 0.2) is 0 Å². The zero-order valence-corrected chi connectivity index (χ0v) is 36.2. The van der Waals surface area contributed by atoms with Crippen molar-refractivity contribution in [3.05, 3.63) is 76.7 Å². The summed E-state index contributed by atoms with van der Waals surface area (Å²) in [6.45, 7) is 0. The Kier molecular flexibility index (Phi) is 9.93. The lowest BCUT2D eigenvalue weighted by Gasteiger charge is -2.56. The van der Waals surface area contributed by atoms with Gasteiger partial charge in [-0.25, -0.2) is 0 Å². The molecule has 0 spiro atoms. The van der Waals surface area contributed by atoms with Crippen LogP contribution < -0.4 is 0 Å². The number of hydrogen-bond donors (Lipinski definition) is 0. The van der Waals surface area contributed by atoms with E-state index in [0.29, 0.717) is 17.8 Å². The van der Waals surface area contributed by atoms with Crippen LogP contribution in [-0.4, -0.2) is 5.97 Å². The summed E-state index contributed by atoms with van der Waals surface area (Å²) in [7, 11) is -2.75. The fourth-order valence-electron chi connectivity index (χ4n) is 7.40. The zero-order valence-electron chi connectivity index (χ0n) is 21.1. The van der Waals surface area contributed by atoms with E-state index >= 15 is 0 Å². The van der Waals surface area contributed by atoms with Crippen molar-refractivity contribution in [2.24, 2.45) is 23.2 Å². The van der Waals surface area contributed by atoms with E-state index in [1.807, 2.05) is 36.4 Å². The van der Waals surface area contributed by atoms with E-state index in [9.17, 15) is 4.79 Å². The molecule has 4 fully saturated rings. The largest absolute Gasteiger partial charge is 0.401 e. The van der Waals surface area contributed by atoms with Crippen LogP contribution in [0.15, 0.2) is 91.3 Å². The van der Waals surface area contributed by atoms with E-state index in [0.717, 1.165) is 74.2 Å². The van der Waals surface area contributed by atoms with E-state index in [-0.39, 0.29) is 5.97 Å². The van der Waals surface area contributed by atoms with Gasteiger partial charge < -0.3 is 4.18 Å². The summed E-state index contributed by atoms with van der Waals surface area (Å²) in [5, 5.41) is 0. The Bertz CT molecular complexity index is 1350. The van der Waals surface area contributed by atoms with Gasteiger partial charge in [-0.1, -0.05) is 47.8 Å². The van der Waals surface area contributed by atoms with Crippen molar-refractivity contribution in [3.8, 4) is 0 Å². The molecule has 3 aromatic rings. The lowest BCUT2D eigenvalue weighted by Crippen LogP contribution is -2.50. The molecule has 0 saturated heterocycles. The van der Waals surface area contributed by atoms with Gasteiger partial charge >= 0.3 is 5.97 Å². The second-order valence-electron chi connectivity index (χ2n) is 11.2. The number of halogens is 9. The summed E-state index contributed by atoms with van der Waals surface area (Å²) in [4.78, 5) is 17.6. The van der Waals surface area contributed by atoms with E-state index in [1.165, 1.54) is 19.3 Å². The average molecular weight is 1150 g/mol. The summed E-state index contributed by atoms with van der Waals surface area (Å²) in [5.41, 5.74) is -0.454. The molecule has 2 nitrogen and oxygen atoms in total. The Labute approximate surface area is 317 Å². The minimum atomic E-state index is -2.75. The highest BCUT2D eigenvalue weighted by atomic mass is 79.9. The minimum Gasteiger partial charge on any atom is -0.401 e. The average Bonchev–Trinajstić information content (AvgIpc) is 2.81. The van der Waals surface area contributed by atoms with Crippen LogP contribution in [0.5, 0.6) is 0 Å². The first-order valence-electron chi connectivity index (χ1n) is 12.8. The Hall–Kier alpha value is 1.80. The first kappa shape index (κ1) is 32.7. The Balaban J connectivity index is 1.69. The zero-order chi connectivity index (χ0) is 29.4. The number of carbonyl (C=O) groups is 1. The molecule has 3 aromatic carbocycles. The van der Waals surface area contributed by atoms with Gasteiger partial charge in [-0.15, -0.1) is 0 Å². The molecule has 4 aliphatic carbocycles. The van der Waals surface area contributed by atoms with E-state index < -0.39 is 15.7 Å². The third kappa shape index (κ3) is 5.92. The number of hydrogen-bond acceptors (Lipinski definition) is 2. The molecule has 12 heteroatoms. The fraction of sp³-hybridized carbons (Fsp3) is 0.345. The molecule has 7 rings (SSSR count). The molecule has 0 N–H and O–H groups in total. The van der Waals surface area contributed by atoms with Crippen molar-refractivity contribution in [1.29, 1.82) is 0 Å². The predicted molar refractivity (Wildman–Crippen MR) is 198 cm³/mol. The molecule has 4 bridgehead atoms. The Morgan fingerprint density at radius 1 is 0.561 bits per heavy atom.